The van der Waals surface area contributed by atoms with E-state index in [1.54, 1.807) is 6.92 Å². The highest BCUT2D eigenvalue weighted by Gasteiger charge is 2.06. The van der Waals surface area contributed by atoms with Crippen molar-refractivity contribution in [2.45, 2.75) is 13.8 Å². The van der Waals surface area contributed by atoms with E-state index in [4.69, 9.17) is 0 Å². The van der Waals surface area contributed by atoms with Gasteiger partial charge in [-0.1, -0.05) is 0 Å². The maximum atomic E-state index is 10.6. The van der Waals surface area contributed by atoms with Crippen LogP contribution in [0.2, 0.25) is 0 Å². The minimum atomic E-state index is -0.500. The van der Waals surface area contributed by atoms with Crippen molar-refractivity contribution in [1.82, 2.24) is 0 Å². The Morgan fingerprint density at radius 1 is 1.36 bits per heavy atom. The molecule has 0 rings (SSSR count). The van der Waals surface area contributed by atoms with Crippen molar-refractivity contribution in [3.63, 3.8) is 0 Å². The summed E-state index contributed by atoms with van der Waals surface area (Å²) in [4.78, 5) is 20.8. The quantitative estimate of drug-likeness (QED) is 0.630. The summed E-state index contributed by atoms with van der Waals surface area (Å²) in [6.07, 6.45) is 0. The molecule has 0 aromatic carbocycles. The molecule has 4 nitrogen and oxygen atoms in total. The van der Waals surface area contributed by atoms with Gasteiger partial charge in [0.05, 0.1) is 18.6 Å². The molecule has 0 fully saturated rings. The molecular formula is C5H8O4S2. The lowest BCUT2D eigenvalue weighted by Gasteiger charge is -1.96. The summed E-state index contributed by atoms with van der Waals surface area (Å²) in [5, 5.41) is 0. The van der Waals surface area contributed by atoms with Crippen molar-refractivity contribution in [3.05, 3.63) is 0 Å². The molecule has 0 saturated carbocycles. The highest BCUT2D eigenvalue weighted by atomic mass is 32.2. The van der Waals surface area contributed by atoms with Crippen LogP contribution in [-0.2, 0) is 13.2 Å². The van der Waals surface area contributed by atoms with Crippen LogP contribution in [0.1, 0.15) is 13.8 Å². The highest BCUT2D eigenvalue weighted by molar-refractivity contribution is 8.35. The molecule has 0 aromatic rings. The van der Waals surface area contributed by atoms with Gasteiger partial charge in [-0.25, -0.2) is 0 Å². The first-order valence-electron chi connectivity index (χ1n) is 2.85. The summed E-state index contributed by atoms with van der Waals surface area (Å²) in [7, 11) is 0. The Hall–Kier alpha value is -0.200. The standard InChI is InChI=1S/C5H8O4S2/c1-3-8-10-5(7)11-9-4(2)6/h3H2,1-2H3. The second-order valence-electron chi connectivity index (χ2n) is 1.40. The molecule has 0 aliphatic carbocycles. The maximum Gasteiger partial charge on any atom is 0.315 e. The zero-order chi connectivity index (χ0) is 8.69. The van der Waals surface area contributed by atoms with Crippen molar-refractivity contribution in [1.29, 1.82) is 0 Å². The van der Waals surface area contributed by atoms with Gasteiger partial charge in [-0.3, -0.25) is 9.59 Å². The Morgan fingerprint density at radius 2 is 2.00 bits per heavy atom. The summed E-state index contributed by atoms with van der Waals surface area (Å²) < 4.78 is 8.62. The van der Waals surface area contributed by atoms with E-state index >= 15 is 0 Å². The molecule has 0 saturated heterocycles. The number of rotatable bonds is 2. The smallest absolute Gasteiger partial charge is 0.315 e. The second kappa shape index (κ2) is 6.51. The van der Waals surface area contributed by atoms with Gasteiger partial charge in [-0.15, -0.1) is 0 Å². The predicted molar refractivity (Wildman–Crippen MR) is 44.0 cm³/mol. The van der Waals surface area contributed by atoms with E-state index in [0.717, 1.165) is 0 Å². The molecule has 0 spiro atoms. The Balaban J connectivity index is 3.30. The molecular weight excluding hydrogens is 188 g/mol. The van der Waals surface area contributed by atoms with E-state index in [2.05, 4.69) is 8.37 Å². The molecule has 0 aliphatic heterocycles. The van der Waals surface area contributed by atoms with E-state index in [9.17, 15) is 9.59 Å². The molecule has 0 aliphatic rings. The van der Waals surface area contributed by atoms with Gasteiger partial charge >= 0.3 is 10.4 Å². The van der Waals surface area contributed by atoms with Crippen LogP contribution in [0, 0.1) is 0 Å². The first kappa shape index (κ1) is 10.8. The van der Waals surface area contributed by atoms with Crippen LogP contribution in [0.5, 0.6) is 0 Å². The fourth-order valence-corrected chi connectivity index (χ4v) is 0.971. The number of carbonyl (C=O) groups excluding carboxylic acids is 2. The summed E-state index contributed by atoms with van der Waals surface area (Å²) in [6.45, 7) is 3.43. The van der Waals surface area contributed by atoms with E-state index < -0.39 is 5.97 Å². The van der Waals surface area contributed by atoms with Crippen LogP contribution in [-0.4, -0.2) is 17.0 Å². The Kier molecular flexibility index (Phi) is 6.39. The van der Waals surface area contributed by atoms with Crippen molar-refractivity contribution < 1.29 is 18.0 Å². The predicted octanol–water partition coefficient (Wildman–Crippen LogP) is 2.00. The normalized spacial score (nSPS) is 9.27. The number of carbonyl (C=O) groups is 2. The molecule has 11 heavy (non-hydrogen) atoms. The number of hydrogen-bond acceptors (Lipinski definition) is 6. The zero-order valence-electron chi connectivity index (χ0n) is 6.16. The molecule has 0 amide bonds. The van der Waals surface area contributed by atoms with Crippen molar-refractivity contribution in [2.24, 2.45) is 0 Å². The summed E-state index contributed by atoms with van der Waals surface area (Å²) >= 11 is 1.14. The fraction of sp³-hybridized carbons (Fsp3) is 0.600. The lowest BCUT2D eigenvalue weighted by molar-refractivity contribution is -0.130. The third-order valence-corrected chi connectivity index (χ3v) is 1.82. The van der Waals surface area contributed by atoms with Crippen LogP contribution in [0.15, 0.2) is 0 Å². The van der Waals surface area contributed by atoms with E-state index in [-0.39, 0.29) is 4.45 Å². The lowest BCUT2D eigenvalue weighted by atomic mass is 10.9. The molecule has 0 aromatic heterocycles. The summed E-state index contributed by atoms with van der Waals surface area (Å²) in [6, 6.07) is 0. The third-order valence-electron chi connectivity index (χ3n) is 0.472. The van der Waals surface area contributed by atoms with Crippen LogP contribution in [0.3, 0.4) is 0 Å². The van der Waals surface area contributed by atoms with Gasteiger partial charge in [-0.2, -0.15) is 0 Å². The van der Waals surface area contributed by atoms with Crippen molar-refractivity contribution >= 4 is 34.5 Å². The first-order valence-corrected chi connectivity index (χ1v) is 4.33. The van der Waals surface area contributed by atoms with Crippen LogP contribution < -0.4 is 0 Å². The Bertz CT molecular complexity index is 147. The molecule has 0 heterocycles. The molecule has 0 radical (unpaired) electrons. The van der Waals surface area contributed by atoms with Gasteiger partial charge < -0.3 is 8.37 Å². The fourth-order valence-electron chi connectivity index (χ4n) is 0.214. The van der Waals surface area contributed by atoms with E-state index in [0.29, 0.717) is 30.7 Å². The molecule has 0 unspecified atom stereocenters. The van der Waals surface area contributed by atoms with Gasteiger partial charge in [0.2, 0.25) is 0 Å². The maximum absolute atomic E-state index is 10.6. The molecule has 6 heteroatoms. The summed E-state index contributed by atoms with van der Waals surface area (Å²) in [5.74, 6) is -0.500. The Morgan fingerprint density at radius 3 is 2.45 bits per heavy atom. The second-order valence-corrected chi connectivity index (χ2v) is 3.13. The highest BCUT2D eigenvalue weighted by Crippen LogP contribution is 2.18. The molecule has 0 N–H and O–H groups in total. The summed E-state index contributed by atoms with van der Waals surface area (Å²) in [5.41, 5.74) is 0. The average Bonchev–Trinajstić information content (AvgIpc) is 1.97. The molecule has 64 valence electrons. The minimum absolute atomic E-state index is 0.387. The van der Waals surface area contributed by atoms with Gasteiger partial charge in [-0.05, 0) is 6.92 Å². The van der Waals surface area contributed by atoms with Gasteiger partial charge in [0, 0.05) is 6.92 Å². The van der Waals surface area contributed by atoms with Crippen LogP contribution in [0.4, 0.5) is 4.79 Å². The third kappa shape index (κ3) is 7.70. The van der Waals surface area contributed by atoms with E-state index in [1.807, 2.05) is 0 Å². The number of hydrogen-bond donors (Lipinski definition) is 0. The minimum Gasteiger partial charge on any atom is -0.382 e. The average molecular weight is 196 g/mol. The van der Waals surface area contributed by atoms with Crippen LogP contribution in [0.25, 0.3) is 0 Å². The largest absolute Gasteiger partial charge is 0.382 e. The lowest BCUT2D eigenvalue weighted by Crippen LogP contribution is -1.93. The van der Waals surface area contributed by atoms with Gasteiger partial charge in [0.25, 0.3) is 0 Å². The monoisotopic (exact) mass is 196 g/mol. The molecule has 0 bridgehead atoms. The first-order chi connectivity index (χ1) is 5.16. The van der Waals surface area contributed by atoms with Gasteiger partial charge in [0.1, 0.15) is 0 Å². The Labute approximate surface area is 73.4 Å². The van der Waals surface area contributed by atoms with Crippen molar-refractivity contribution in [2.75, 3.05) is 6.61 Å². The SMILES string of the molecule is CCOSC(=O)SOC(C)=O. The zero-order valence-corrected chi connectivity index (χ0v) is 7.79. The van der Waals surface area contributed by atoms with Crippen LogP contribution >= 0.6 is 24.1 Å². The van der Waals surface area contributed by atoms with Crippen molar-refractivity contribution in [3.8, 4) is 0 Å². The topological polar surface area (TPSA) is 52.6 Å². The molecule has 0 atom stereocenters. The van der Waals surface area contributed by atoms with E-state index in [1.165, 1.54) is 6.92 Å². The van der Waals surface area contributed by atoms with Gasteiger partial charge in [0.15, 0.2) is 12.0 Å².